The Balaban J connectivity index is 1.55. The number of hydrogen-bond acceptors (Lipinski definition) is 4. The molecule has 0 aromatic heterocycles. The lowest BCUT2D eigenvalue weighted by molar-refractivity contribution is -0.140. The van der Waals surface area contributed by atoms with E-state index in [1.807, 2.05) is 6.07 Å². The van der Waals surface area contributed by atoms with Gasteiger partial charge in [0.25, 0.3) is 0 Å². The molecule has 2 fully saturated rings. The van der Waals surface area contributed by atoms with Gasteiger partial charge in [-0.3, -0.25) is 19.3 Å². The average molecular weight is 325 g/mol. The van der Waals surface area contributed by atoms with Crippen LogP contribution in [0, 0.1) is 23.2 Å². The monoisotopic (exact) mass is 325 g/mol. The van der Waals surface area contributed by atoms with Gasteiger partial charge in [-0.05, 0) is 37.1 Å². The van der Waals surface area contributed by atoms with E-state index in [0.717, 1.165) is 25.7 Å². The van der Waals surface area contributed by atoms with Gasteiger partial charge in [0.05, 0.1) is 23.5 Å². The molecule has 24 heavy (non-hydrogen) atoms. The smallest absolute Gasteiger partial charge is 0.233 e. The molecule has 1 saturated carbocycles. The third-order valence-corrected chi connectivity index (χ3v) is 4.79. The number of likely N-dealkylation sites (tertiary alicyclic amines) is 1. The molecule has 0 bridgehead atoms. The number of carbonyl (C=O) groups excluding carboxylic acids is 3. The van der Waals surface area contributed by atoms with Crippen molar-refractivity contribution in [3.8, 4) is 6.07 Å². The SMILES string of the molecule is N#Cc1ccc(NC(=O)CCN2C(=O)C3CCCCC3C2=O)cc1. The molecule has 0 spiro atoms. The van der Waals surface area contributed by atoms with Crippen molar-refractivity contribution in [3.63, 3.8) is 0 Å². The number of benzene rings is 1. The summed E-state index contributed by atoms with van der Waals surface area (Å²) in [5.74, 6) is -0.831. The number of nitriles is 1. The normalized spacial score (nSPS) is 22.9. The van der Waals surface area contributed by atoms with Crippen molar-refractivity contribution >= 4 is 23.4 Å². The number of amides is 3. The second kappa shape index (κ2) is 6.83. The van der Waals surface area contributed by atoms with Crippen LogP contribution >= 0.6 is 0 Å². The van der Waals surface area contributed by atoms with Crippen LogP contribution in [-0.4, -0.2) is 29.2 Å². The molecular formula is C18H19N3O3. The summed E-state index contributed by atoms with van der Waals surface area (Å²) < 4.78 is 0. The number of nitrogens with zero attached hydrogens (tertiary/aromatic N) is 2. The number of imide groups is 1. The molecule has 1 aliphatic carbocycles. The lowest BCUT2D eigenvalue weighted by Gasteiger charge is -2.19. The maximum Gasteiger partial charge on any atom is 0.233 e. The summed E-state index contributed by atoms with van der Waals surface area (Å²) in [6.45, 7) is 0.132. The van der Waals surface area contributed by atoms with Crippen LogP contribution in [0.2, 0.25) is 0 Å². The molecule has 0 radical (unpaired) electrons. The van der Waals surface area contributed by atoms with Gasteiger partial charge >= 0.3 is 0 Å². The van der Waals surface area contributed by atoms with E-state index in [9.17, 15) is 14.4 Å². The molecule has 6 nitrogen and oxygen atoms in total. The quantitative estimate of drug-likeness (QED) is 0.858. The molecule has 3 amide bonds. The Labute approximate surface area is 140 Å². The third kappa shape index (κ3) is 3.16. The molecule has 1 N–H and O–H groups in total. The molecule has 1 aliphatic heterocycles. The lowest BCUT2D eigenvalue weighted by Crippen LogP contribution is -2.34. The molecule has 124 valence electrons. The van der Waals surface area contributed by atoms with E-state index in [4.69, 9.17) is 5.26 Å². The Morgan fingerprint density at radius 1 is 1.12 bits per heavy atom. The fraction of sp³-hybridized carbons (Fsp3) is 0.444. The van der Waals surface area contributed by atoms with Crippen LogP contribution in [0.15, 0.2) is 24.3 Å². The molecule has 1 aromatic rings. The van der Waals surface area contributed by atoms with Gasteiger partial charge in [0, 0.05) is 18.7 Å². The van der Waals surface area contributed by atoms with E-state index >= 15 is 0 Å². The van der Waals surface area contributed by atoms with Gasteiger partial charge in [-0.15, -0.1) is 0 Å². The first-order valence-corrected chi connectivity index (χ1v) is 8.25. The highest BCUT2D eigenvalue weighted by atomic mass is 16.2. The van der Waals surface area contributed by atoms with Crippen LogP contribution in [0.4, 0.5) is 5.69 Å². The topological polar surface area (TPSA) is 90.3 Å². The summed E-state index contributed by atoms with van der Waals surface area (Å²) in [7, 11) is 0. The van der Waals surface area contributed by atoms with Gasteiger partial charge in [-0.2, -0.15) is 5.26 Å². The Kier molecular flexibility index (Phi) is 4.61. The van der Waals surface area contributed by atoms with Gasteiger partial charge in [-0.1, -0.05) is 12.8 Å². The zero-order valence-corrected chi connectivity index (χ0v) is 13.3. The number of carbonyl (C=O) groups is 3. The maximum absolute atomic E-state index is 12.3. The van der Waals surface area contributed by atoms with E-state index < -0.39 is 0 Å². The molecule has 1 saturated heterocycles. The number of nitrogens with one attached hydrogen (secondary N) is 1. The largest absolute Gasteiger partial charge is 0.326 e. The van der Waals surface area contributed by atoms with Crippen LogP contribution in [0.25, 0.3) is 0 Å². The highest BCUT2D eigenvalue weighted by Gasteiger charge is 2.47. The molecule has 2 unspecified atom stereocenters. The number of anilines is 1. The summed E-state index contributed by atoms with van der Waals surface area (Å²) in [5, 5.41) is 11.5. The van der Waals surface area contributed by atoms with Crippen LogP contribution < -0.4 is 5.32 Å². The number of fused-ring (bicyclic) bond motifs is 1. The molecular weight excluding hydrogens is 306 g/mol. The van der Waals surface area contributed by atoms with Gasteiger partial charge in [-0.25, -0.2) is 0 Å². The maximum atomic E-state index is 12.3. The van der Waals surface area contributed by atoms with E-state index in [1.54, 1.807) is 24.3 Å². The minimum Gasteiger partial charge on any atom is -0.326 e. The molecule has 3 rings (SSSR count). The molecule has 1 heterocycles. The summed E-state index contributed by atoms with van der Waals surface area (Å²) in [6, 6.07) is 8.55. The summed E-state index contributed by atoms with van der Waals surface area (Å²) in [4.78, 5) is 38.0. The molecule has 1 aromatic carbocycles. The van der Waals surface area contributed by atoms with Gasteiger partial charge in [0.1, 0.15) is 0 Å². The van der Waals surface area contributed by atoms with Crippen LogP contribution in [-0.2, 0) is 14.4 Å². The summed E-state index contributed by atoms with van der Waals surface area (Å²) >= 11 is 0. The molecule has 2 aliphatic rings. The van der Waals surface area contributed by atoms with Crippen LogP contribution in [0.5, 0.6) is 0 Å². The number of rotatable bonds is 4. The highest BCUT2D eigenvalue weighted by Crippen LogP contribution is 2.37. The Bertz CT molecular complexity index is 681. The van der Waals surface area contributed by atoms with Crippen LogP contribution in [0.3, 0.4) is 0 Å². The number of hydrogen-bond donors (Lipinski definition) is 1. The minimum absolute atomic E-state index is 0.0803. The van der Waals surface area contributed by atoms with Crippen molar-refractivity contribution in [3.05, 3.63) is 29.8 Å². The Morgan fingerprint density at radius 3 is 2.25 bits per heavy atom. The molecule has 2 atom stereocenters. The lowest BCUT2D eigenvalue weighted by atomic mass is 9.81. The third-order valence-electron chi connectivity index (χ3n) is 4.79. The van der Waals surface area contributed by atoms with Gasteiger partial charge in [0.2, 0.25) is 17.7 Å². The zero-order chi connectivity index (χ0) is 17.1. The second-order valence-corrected chi connectivity index (χ2v) is 6.31. The van der Waals surface area contributed by atoms with Crippen LogP contribution in [0.1, 0.15) is 37.7 Å². The first kappa shape index (κ1) is 16.2. The van der Waals surface area contributed by atoms with Crippen molar-refractivity contribution in [2.45, 2.75) is 32.1 Å². The fourth-order valence-electron chi connectivity index (χ4n) is 3.52. The van der Waals surface area contributed by atoms with Crippen molar-refractivity contribution in [2.24, 2.45) is 11.8 Å². The first-order valence-electron chi connectivity index (χ1n) is 8.25. The summed E-state index contributed by atoms with van der Waals surface area (Å²) in [5.41, 5.74) is 1.11. The Morgan fingerprint density at radius 2 is 1.71 bits per heavy atom. The van der Waals surface area contributed by atoms with E-state index in [2.05, 4.69) is 5.32 Å². The van der Waals surface area contributed by atoms with Crippen molar-refractivity contribution in [1.82, 2.24) is 4.90 Å². The summed E-state index contributed by atoms with van der Waals surface area (Å²) in [6.07, 6.45) is 3.63. The molecule has 6 heteroatoms. The average Bonchev–Trinajstić information content (AvgIpc) is 2.85. The zero-order valence-electron chi connectivity index (χ0n) is 13.3. The van der Waals surface area contributed by atoms with E-state index in [0.29, 0.717) is 11.3 Å². The highest BCUT2D eigenvalue weighted by molar-refractivity contribution is 6.05. The predicted molar refractivity (Wildman–Crippen MR) is 86.6 cm³/mol. The van der Waals surface area contributed by atoms with Crippen molar-refractivity contribution < 1.29 is 14.4 Å². The van der Waals surface area contributed by atoms with E-state index in [-0.39, 0.29) is 42.5 Å². The standard InChI is InChI=1S/C18H19N3O3/c19-11-12-5-7-13(8-6-12)20-16(22)9-10-21-17(23)14-3-1-2-4-15(14)18(21)24/h5-8,14-15H,1-4,9-10H2,(H,20,22). The van der Waals surface area contributed by atoms with Gasteiger partial charge < -0.3 is 5.32 Å². The predicted octanol–water partition coefficient (Wildman–Crippen LogP) is 2.06. The second-order valence-electron chi connectivity index (χ2n) is 6.31. The minimum atomic E-state index is -0.254. The van der Waals surface area contributed by atoms with Crippen molar-refractivity contribution in [1.29, 1.82) is 5.26 Å². The Hall–Kier alpha value is -2.68. The first-order chi connectivity index (χ1) is 11.6. The fourth-order valence-corrected chi connectivity index (χ4v) is 3.52. The van der Waals surface area contributed by atoms with E-state index in [1.165, 1.54) is 4.90 Å². The van der Waals surface area contributed by atoms with Gasteiger partial charge in [0.15, 0.2) is 0 Å². The van der Waals surface area contributed by atoms with Crippen molar-refractivity contribution in [2.75, 3.05) is 11.9 Å².